The Kier molecular flexibility index (Phi) is 8.72. The van der Waals surface area contributed by atoms with E-state index in [-0.39, 0.29) is 13.5 Å². The molecule has 7 heteroatoms. The fourth-order valence-electron chi connectivity index (χ4n) is 5.71. The molecule has 3 N–H and O–H groups in total. The first-order valence-electron chi connectivity index (χ1n) is 14.1. The van der Waals surface area contributed by atoms with E-state index < -0.39 is 0 Å². The van der Waals surface area contributed by atoms with E-state index >= 15 is 0 Å². The van der Waals surface area contributed by atoms with E-state index in [9.17, 15) is 0 Å². The maximum atomic E-state index is 4.90. The minimum atomic E-state index is 0. The molecule has 3 aromatic heterocycles. The third-order valence-electron chi connectivity index (χ3n) is 7.80. The van der Waals surface area contributed by atoms with Crippen LogP contribution in [0.3, 0.4) is 0 Å². The normalized spacial score (nSPS) is 14.8. The molecule has 3 heterocycles. The Labute approximate surface area is 237 Å². The van der Waals surface area contributed by atoms with Gasteiger partial charge in [0.15, 0.2) is 0 Å². The van der Waals surface area contributed by atoms with Crippen molar-refractivity contribution in [2.24, 2.45) is 0 Å². The summed E-state index contributed by atoms with van der Waals surface area (Å²) < 4.78 is 0. The number of aromatic amines is 2. The molecule has 0 aliphatic heterocycles. The quantitative estimate of drug-likeness (QED) is 0.189. The third kappa shape index (κ3) is 6.16. The van der Waals surface area contributed by atoms with E-state index in [1.807, 2.05) is 12.3 Å². The number of aryl methyl sites for hydroxylation is 3. The lowest BCUT2D eigenvalue weighted by Gasteiger charge is -2.34. The number of hydrogen-bond donors (Lipinski definition) is 3. The SMILES string of the molecule is C.CCc1nc(CNCc2ccc(CN(Cc3nc4ccccc4[nH]3)C3CCCc4cccnc43)cc2)c(C)[nH]1. The van der Waals surface area contributed by atoms with Gasteiger partial charge in [0.05, 0.1) is 35.0 Å². The Morgan fingerprint density at radius 2 is 1.73 bits per heavy atom. The van der Waals surface area contributed by atoms with Crippen molar-refractivity contribution in [2.75, 3.05) is 0 Å². The van der Waals surface area contributed by atoms with E-state index in [1.54, 1.807) is 0 Å². The van der Waals surface area contributed by atoms with Gasteiger partial charge < -0.3 is 15.3 Å². The van der Waals surface area contributed by atoms with Gasteiger partial charge in [-0.25, -0.2) is 9.97 Å². The van der Waals surface area contributed by atoms with Crippen LogP contribution in [0.1, 0.15) is 78.7 Å². The fraction of sp³-hybridized carbons (Fsp3) is 0.364. The number of aromatic nitrogens is 5. The zero-order valence-electron chi connectivity index (χ0n) is 22.9. The first-order valence-corrected chi connectivity index (χ1v) is 14.1. The number of nitrogens with one attached hydrogen (secondary N) is 3. The molecule has 0 amide bonds. The minimum Gasteiger partial charge on any atom is -0.346 e. The van der Waals surface area contributed by atoms with Crippen molar-refractivity contribution in [2.45, 2.75) is 79.2 Å². The third-order valence-corrected chi connectivity index (χ3v) is 7.80. The van der Waals surface area contributed by atoms with Crippen molar-refractivity contribution in [3.8, 4) is 0 Å². The van der Waals surface area contributed by atoms with E-state index in [1.165, 1.54) is 28.8 Å². The summed E-state index contributed by atoms with van der Waals surface area (Å²) in [5.41, 5.74) is 9.53. The average molecular weight is 536 g/mol. The number of imidazole rings is 2. The zero-order chi connectivity index (χ0) is 26.6. The summed E-state index contributed by atoms with van der Waals surface area (Å²) in [7, 11) is 0. The van der Waals surface area contributed by atoms with Crippen LogP contribution < -0.4 is 5.32 Å². The Bertz CT molecular complexity index is 1500. The van der Waals surface area contributed by atoms with Gasteiger partial charge >= 0.3 is 0 Å². The van der Waals surface area contributed by atoms with Crippen LogP contribution >= 0.6 is 0 Å². The molecule has 0 saturated carbocycles. The maximum Gasteiger partial charge on any atom is 0.121 e. The minimum absolute atomic E-state index is 0. The summed E-state index contributed by atoms with van der Waals surface area (Å²) >= 11 is 0. The van der Waals surface area contributed by atoms with Crippen molar-refractivity contribution in [1.29, 1.82) is 0 Å². The predicted octanol–water partition coefficient (Wildman–Crippen LogP) is 6.56. The Hall–Kier alpha value is -3.81. The molecule has 0 fully saturated rings. The number of hydrogen-bond acceptors (Lipinski definition) is 5. The van der Waals surface area contributed by atoms with Crippen molar-refractivity contribution >= 4 is 11.0 Å². The molecule has 208 valence electrons. The Morgan fingerprint density at radius 3 is 2.52 bits per heavy atom. The first-order chi connectivity index (χ1) is 19.2. The second-order valence-corrected chi connectivity index (χ2v) is 10.6. The van der Waals surface area contributed by atoms with Gasteiger partial charge in [-0.3, -0.25) is 9.88 Å². The molecule has 0 spiro atoms. The second-order valence-electron chi connectivity index (χ2n) is 10.6. The van der Waals surface area contributed by atoms with Gasteiger partial charge in [-0.05, 0) is 61.1 Å². The predicted molar refractivity (Wildman–Crippen MR) is 162 cm³/mol. The molecule has 1 unspecified atom stereocenters. The summed E-state index contributed by atoms with van der Waals surface area (Å²) in [6.07, 6.45) is 6.26. The average Bonchev–Trinajstić information content (AvgIpc) is 3.55. The van der Waals surface area contributed by atoms with Crippen LogP contribution in [0.15, 0.2) is 66.9 Å². The number of fused-ring (bicyclic) bond motifs is 2. The van der Waals surface area contributed by atoms with Crippen LogP contribution in [0.5, 0.6) is 0 Å². The maximum absolute atomic E-state index is 4.90. The van der Waals surface area contributed by atoms with E-state index in [4.69, 9.17) is 9.97 Å². The molecule has 1 atom stereocenters. The summed E-state index contributed by atoms with van der Waals surface area (Å²) in [6, 6.07) is 21.8. The number of nitrogens with zero attached hydrogens (tertiary/aromatic N) is 4. The van der Waals surface area contributed by atoms with Crippen molar-refractivity contribution < 1.29 is 0 Å². The molecule has 6 rings (SSSR count). The smallest absolute Gasteiger partial charge is 0.121 e. The van der Waals surface area contributed by atoms with Gasteiger partial charge in [0.2, 0.25) is 0 Å². The van der Waals surface area contributed by atoms with E-state index in [0.29, 0.717) is 0 Å². The van der Waals surface area contributed by atoms with Gasteiger partial charge in [-0.15, -0.1) is 0 Å². The first kappa shape index (κ1) is 27.7. The highest BCUT2D eigenvalue weighted by atomic mass is 15.2. The number of para-hydroxylation sites is 2. The summed E-state index contributed by atoms with van der Waals surface area (Å²) in [6.45, 7) is 7.40. The number of H-pyrrole nitrogens is 2. The van der Waals surface area contributed by atoms with Crippen molar-refractivity contribution in [3.63, 3.8) is 0 Å². The molecule has 7 nitrogen and oxygen atoms in total. The van der Waals surface area contributed by atoms with Crippen LogP contribution in [0.25, 0.3) is 11.0 Å². The molecule has 0 bridgehead atoms. The highest BCUT2D eigenvalue weighted by Crippen LogP contribution is 2.34. The fourth-order valence-corrected chi connectivity index (χ4v) is 5.71. The molecule has 0 saturated heterocycles. The number of rotatable bonds is 10. The molecular weight excluding hydrogens is 494 g/mol. The standard InChI is InChI=1S/C32H37N7.CH4/c1-3-30-35-22(2)28(38-30)19-33-18-23-13-15-24(16-14-23)20-39(21-31-36-26-10-4-5-11-27(26)37-31)29-12-6-8-25-9-7-17-34-32(25)29;/h4-5,7,9-11,13-17,29,33H,3,6,8,12,18-21H2,1-2H3,(H,35,38)(H,36,37);1H4. The van der Waals surface area contributed by atoms with Crippen LogP contribution in [-0.2, 0) is 39.0 Å². The lowest BCUT2D eigenvalue weighted by atomic mass is 9.90. The van der Waals surface area contributed by atoms with Gasteiger partial charge in [-0.2, -0.15) is 0 Å². The lowest BCUT2D eigenvalue weighted by Crippen LogP contribution is -2.31. The number of benzene rings is 2. The van der Waals surface area contributed by atoms with Gasteiger partial charge in [0, 0.05) is 37.9 Å². The molecule has 40 heavy (non-hydrogen) atoms. The summed E-state index contributed by atoms with van der Waals surface area (Å²) in [5.74, 6) is 2.05. The topological polar surface area (TPSA) is 85.5 Å². The Balaban J connectivity index is 0.00000323. The molecule has 1 aliphatic carbocycles. The Morgan fingerprint density at radius 1 is 0.900 bits per heavy atom. The second kappa shape index (κ2) is 12.6. The monoisotopic (exact) mass is 535 g/mol. The molecule has 2 aromatic carbocycles. The van der Waals surface area contributed by atoms with Crippen molar-refractivity contribution in [3.05, 3.63) is 112 Å². The van der Waals surface area contributed by atoms with Crippen LogP contribution in [0.4, 0.5) is 0 Å². The van der Waals surface area contributed by atoms with Crippen LogP contribution in [0.2, 0.25) is 0 Å². The molecule has 5 aromatic rings. The van der Waals surface area contributed by atoms with E-state index in [2.05, 4.69) is 93.6 Å². The van der Waals surface area contributed by atoms with Gasteiger partial charge in [-0.1, -0.05) is 56.8 Å². The molecule has 1 aliphatic rings. The summed E-state index contributed by atoms with van der Waals surface area (Å²) in [4.78, 5) is 23.9. The largest absolute Gasteiger partial charge is 0.346 e. The highest BCUT2D eigenvalue weighted by molar-refractivity contribution is 5.74. The van der Waals surface area contributed by atoms with Gasteiger partial charge in [0.1, 0.15) is 11.6 Å². The van der Waals surface area contributed by atoms with Crippen LogP contribution in [-0.4, -0.2) is 29.8 Å². The zero-order valence-corrected chi connectivity index (χ0v) is 22.9. The summed E-state index contributed by atoms with van der Waals surface area (Å²) in [5, 5.41) is 3.55. The van der Waals surface area contributed by atoms with Crippen LogP contribution in [0, 0.1) is 6.92 Å². The highest BCUT2D eigenvalue weighted by Gasteiger charge is 2.28. The molecular formula is C33H41N7. The number of pyridine rings is 1. The van der Waals surface area contributed by atoms with Crippen molar-refractivity contribution in [1.82, 2.24) is 35.1 Å². The lowest BCUT2D eigenvalue weighted by molar-refractivity contribution is 0.153. The van der Waals surface area contributed by atoms with Gasteiger partial charge in [0.25, 0.3) is 0 Å². The van der Waals surface area contributed by atoms with E-state index in [0.717, 1.165) is 79.5 Å². The molecule has 0 radical (unpaired) electrons.